The van der Waals surface area contributed by atoms with Crippen LogP contribution >= 0.6 is 0 Å². The zero-order chi connectivity index (χ0) is 26.6. The number of aliphatic hydroxyl groups is 1. The molecule has 1 atom stereocenters. The van der Waals surface area contributed by atoms with E-state index in [0.717, 1.165) is 0 Å². The Morgan fingerprint density at radius 1 is 1.03 bits per heavy atom. The third-order valence-electron chi connectivity index (χ3n) is 5.16. The van der Waals surface area contributed by atoms with Crippen LogP contribution in [0.5, 0.6) is 5.75 Å². The number of nitrogens with zero attached hydrogens (tertiary/aromatic N) is 1. The Bertz CT molecular complexity index is 870. The average Bonchev–Trinajstić information content (AvgIpc) is 3.13. The van der Waals surface area contributed by atoms with Crippen molar-refractivity contribution >= 4 is 17.8 Å². The number of hydrogen-bond acceptors (Lipinski definition) is 9. The smallest absolute Gasteiger partial charge is 0.306 e. The van der Waals surface area contributed by atoms with Crippen molar-refractivity contribution in [3.05, 3.63) is 29.3 Å². The monoisotopic (exact) mass is 510 g/mol. The Kier molecular flexibility index (Phi) is 12.1. The predicted molar refractivity (Wildman–Crippen MR) is 129 cm³/mol. The van der Waals surface area contributed by atoms with Crippen molar-refractivity contribution in [2.45, 2.75) is 51.8 Å². The van der Waals surface area contributed by atoms with Crippen LogP contribution < -0.4 is 10.5 Å². The van der Waals surface area contributed by atoms with Gasteiger partial charge in [-0.1, -0.05) is 6.07 Å². The van der Waals surface area contributed by atoms with Gasteiger partial charge in [-0.2, -0.15) is 0 Å². The molecule has 36 heavy (non-hydrogen) atoms. The zero-order valence-corrected chi connectivity index (χ0v) is 21.3. The average molecular weight is 511 g/mol. The van der Waals surface area contributed by atoms with Crippen LogP contribution in [-0.2, 0) is 35.1 Å². The van der Waals surface area contributed by atoms with E-state index in [9.17, 15) is 14.4 Å². The molecular formula is C25H38N2O9. The van der Waals surface area contributed by atoms with Gasteiger partial charge in [-0.05, 0) is 39.3 Å². The number of benzene rings is 1. The molecule has 0 saturated heterocycles. The first-order chi connectivity index (χ1) is 17.1. The standard InChI is InChI=1S/C25H38N2O9/c1-25(2,3)36-22(29)8-7-20(23(26)30)27-17-19-18(24(27)31)5-4-6-21(19)35-16-15-34-14-13-33-12-11-32-10-9-28/h4-6,20,28H,7-17H2,1-3H3,(H2,26,30)/t20-/m0/s1. The van der Waals surface area contributed by atoms with Crippen molar-refractivity contribution < 1.29 is 43.2 Å². The molecule has 0 aliphatic carbocycles. The van der Waals surface area contributed by atoms with Crippen molar-refractivity contribution in [3.63, 3.8) is 0 Å². The van der Waals surface area contributed by atoms with Crippen LogP contribution in [0.1, 0.15) is 49.5 Å². The fourth-order valence-electron chi connectivity index (χ4n) is 3.63. The number of esters is 1. The maximum atomic E-state index is 13.0. The van der Waals surface area contributed by atoms with Gasteiger partial charge < -0.3 is 39.4 Å². The van der Waals surface area contributed by atoms with Crippen molar-refractivity contribution in [1.29, 1.82) is 0 Å². The lowest BCUT2D eigenvalue weighted by Gasteiger charge is -2.26. The summed E-state index contributed by atoms with van der Waals surface area (Å²) in [4.78, 5) is 38.6. The Morgan fingerprint density at radius 2 is 1.64 bits per heavy atom. The van der Waals surface area contributed by atoms with Crippen LogP contribution in [0.3, 0.4) is 0 Å². The van der Waals surface area contributed by atoms with E-state index in [1.54, 1.807) is 39.0 Å². The van der Waals surface area contributed by atoms with Crippen LogP contribution in [0, 0.1) is 0 Å². The normalized spacial score (nSPS) is 14.0. The molecular weight excluding hydrogens is 472 g/mol. The molecule has 1 aliphatic rings. The Balaban J connectivity index is 1.83. The zero-order valence-electron chi connectivity index (χ0n) is 21.3. The van der Waals surface area contributed by atoms with E-state index < -0.39 is 23.5 Å². The van der Waals surface area contributed by atoms with Gasteiger partial charge in [0.1, 0.15) is 24.0 Å². The van der Waals surface area contributed by atoms with Gasteiger partial charge in [-0.15, -0.1) is 0 Å². The minimum absolute atomic E-state index is 0.0141. The second-order valence-electron chi connectivity index (χ2n) is 9.17. The van der Waals surface area contributed by atoms with Crippen molar-refractivity contribution in [2.24, 2.45) is 5.73 Å². The summed E-state index contributed by atoms with van der Waals surface area (Å²) in [7, 11) is 0. The molecule has 0 aromatic heterocycles. The van der Waals surface area contributed by atoms with Gasteiger partial charge in [0.25, 0.3) is 5.91 Å². The highest BCUT2D eigenvalue weighted by Gasteiger charge is 2.37. The summed E-state index contributed by atoms with van der Waals surface area (Å²) in [6.45, 7) is 7.93. The molecule has 11 heteroatoms. The summed E-state index contributed by atoms with van der Waals surface area (Å²) in [6, 6.07) is 4.20. The number of fused-ring (bicyclic) bond motifs is 1. The third-order valence-corrected chi connectivity index (χ3v) is 5.16. The molecule has 0 bridgehead atoms. The lowest BCUT2D eigenvalue weighted by molar-refractivity contribution is -0.155. The minimum Gasteiger partial charge on any atom is -0.491 e. The summed E-state index contributed by atoms with van der Waals surface area (Å²) < 4.78 is 27.1. The number of hydrogen-bond donors (Lipinski definition) is 2. The number of amides is 2. The van der Waals surface area contributed by atoms with E-state index in [1.165, 1.54) is 4.90 Å². The van der Waals surface area contributed by atoms with Gasteiger partial charge in [-0.25, -0.2) is 0 Å². The first-order valence-electron chi connectivity index (χ1n) is 12.0. The molecule has 2 rings (SSSR count). The highest BCUT2D eigenvalue weighted by Crippen LogP contribution is 2.33. The molecule has 0 unspecified atom stereocenters. The number of carbonyl (C=O) groups is 3. The summed E-state index contributed by atoms with van der Waals surface area (Å²) in [5.74, 6) is -0.945. The van der Waals surface area contributed by atoms with Gasteiger partial charge >= 0.3 is 5.97 Å². The second-order valence-corrected chi connectivity index (χ2v) is 9.17. The number of carbonyl (C=O) groups excluding carboxylic acids is 3. The van der Waals surface area contributed by atoms with Crippen LogP contribution in [0.25, 0.3) is 0 Å². The Hall–Kier alpha value is -2.73. The first kappa shape index (κ1) is 29.5. The topological polar surface area (TPSA) is 147 Å². The molecule has 0 fully saturated rings. The van der Waals surface area contributed by atoms with E-state index in [2.05, 4.69) is 0 Å². The van der Waals surface area contributed by atoms with Crippen LogP contribution in [0.15, 0.2) is 18.2 Å². The van der Waals surface area contributed by atoms with Crippen molar-refractivity contribution in [3.8, 4) is 5.75 Å². The predicted octanol–water partition coefficient (Wildman–Crippen LogP) is 1.04. The van der Waals surface area contributed by atoms with Crippen molar-refractivity contribution in [1.82, 2.24) is 4.90 Å². The lowest BCUT2D eigenvalue weighted by Crippen LogP contribution is -2.45. The second kappa shape index (κ2) is 14.7. The van der Waals surface area contributed by atoms with Gasteiger partial charge in [0.2, 0.25) is 5.91 Å². The maximum absolute atomic E-state index is 13.0. The molecule has 1 aliphatic heterocycles. The SMILES string of the molecule is CC(C)(C)OC(=O)CC[C@@H](C(N)=O)N1Cc2c(OCCOCCOCCOCCO)cccc2C1=O. The van der Waals surface area contributed by atoms with E-state index in [1.807, 2.05) is 0 Å². The first-order valence-corrected chi connectivity index (χ1v) is 12.0. The van der Waals surface area contributed by atoms with E-state index in [0.29, 0.717) is 56.5 Å². The molecule has 1 aromatic rings. The fraction of sp³-hybridized carbons (Fsp3) is 0.640. The number of nitrogens with two attached hydrogens (primary N) is 1. The molecule has 2 amide bonds. The van der Waals surface area contributed by atoms with Crippen LogP contribution in [0.2, 0.25) is 0 Å². The summed E-state index contributed by atoms with van der Waals surface area (Å²) >= 11 is 0. The van der Waals surface area contributed by atoms with Gasteiger partial charge in [-0.3, -0.25) is 14.4 Å². The lowest BCUT2D eigenvalue weighted by atomic mass is 10.1. The molecule has 202 valence electrons. The molecule has 1 aromatic carbocycles. The quantitative estimate of drug-likeness (QED) is 0.232. The van der Waals surface area contributed by atoms with Crippen LogP contribution in [-0.4, -0.2) is 92.3 Å². The number of aliphatic hydroxyl groups excluding tert-OH is 1. The van der Waals surface area contributed by atoms with E-state index in [4.69, 9.17) is 34.5 Å². The summed E-state index contributed by atoms with van der Waals surface area (Å²) in [6.07, 6.45) is 0.0364. The number of ether oxygens (including phenoxy) is 5. The summed E-state index contributed by atoms with van der Waals surface area (Å²) in [5.41, 5.74) is 6.05. The van der Waals surface area contributed by atoms with Crippen molar-refractivity contribution in [2.75, 3.05) is 52.9 Å². The molecule has 0 spiro atoms. The van der Waals surface area contributed by atoms with Gasteiger partial charge in [0.05, 0.1) is 52.8 Å². The summed E-state index contributed by atoms with van der Waals surface area (Å²) in [5, 5.41) is 8.62. The van der Waals surface area contributed by atoms with E-state index in [-0.39, 0.29) is 38.5 Å². The van der Waals surface area contributed by atoms with Gasteiger partial charge in [0, 0.05) is 17.5 Å². The van der Waals surface area contributed by atoms with Gasteiger partial charge in [0.15, 0.2) is 0 Å². The Labute approximate surface area is 211 Å². The molecule has 3 N–H and O–H groups in total. The molecule has 11 nitrogen and oxygen atoms in total. The van der Waals surface area contributed by atoms with Crippen LogP contribution in [0.4, 0.5) is 0 Å². The fourth-order valence-corrected chi connectivity index (χ4v) is 3.63. The molecule has 0 saturated carbocycles. The molecule has 0 radical (unpaired) electrons. The third kappa shape index (κ3) is 9.73. The number of rotatable bonds is 17. The highest BCUT2D eigenvalue weighted by atomic mass is 16.6. The van der Waals surface area contributed by atoms with E-state index >= 15 is 0 Å². The highest BCUT2D eigenvalue weighted by molar-refractivity contribution is 6.01. The Morgan fingerprint density at radius 3 is 2.22 bits per heavy atom. The number of primary amides is 1. The largest absolute Gasteiger partial charge is 0.491 e. The maximum Gasteiger partial charge on any atom is 0.306 e. The molecule has 1 heterocycles. The minimum atomic E-state index is -0.942.